The molecule has 1 unspecified atom stereocenters. The van der Waals surface area contributed by atoms with Crippen LogP contribution in [0.4, 0.5) is 13.2 Å². The molecular weight excluding hydrogens is 369 g/mol. The third-order valence-electron chi connectivity index (χ3n) is 3.70. The minimum Gasteiger partial charge on any atom is -0.406 e. The SMILES string of the molecule is CC(N)(C(=O)NCCc1ccc(OC(F)(F)F)cc1)c1ccccc1.Cl. The lowest BCUT2D eigenvalue weighted by Gasteiger charge is -2.24. The smallest absolute Gasteiger partial charge is 0.406 e. The van der Waals surface area contributed by atoms with E-state index in [1.54, 1.807) is 31.2 Å². The standard InChI is InChI=1S/C18H19F3N2O2.ClH/c1-17(22,14-5-3-2-4-6-14)16(24)23-12-11-13-7-9-15(10-8-13)25-18(19,20)21;/h2-10H,11-12,22H2,1H3,(H,23,24);1H. The molecule has 0 aliphatic heterocycles. The van der Waals surface area contributed by atoms with Crippen molar-refractivity contribution in [2.45, 2.75) is 25.2 Å². The molecule has 2 rings (SSSR count). The maximum Gasteiger partial charge on any atom is 0.573 e. The fraction of sp³-hybridized carbons (Fsp3) is 0.278. The van der Waals surface area contributed by atoms with Crippen molar-refractivity contribution in [1.82, 2.24) is 5.32 Å². The Kier molecular flexibility index (Phi) is 7.47. The first-order valence-electron chi connectivity index (χ1n) is 7.66. The molecule has 0 aliphatic rings. The third kappa shape index (κ3) is 6.24. The van der Waals surface area contributed by atoms with Gasteiger partial charge in [0, 0.05) is 6.54 Å². The van der Waals surface area contributed by atoms with Crippen LogP contribution in [0, 0.1) is 0 Å². The van der Waals surface area contributed by atoms with Crippen LogP contribution < -0.4 is 15.8 Å². The molecule has 0 bridgehead atoms. The van der Waals surface area contributed by atoms with E-state index in [2.05, 4.69) is 10.1 Å². The maximum atomic E-state index is 12.3. The van der Waals surface area contributed by atoms with E-state index >= 15 is 0 Å². The predicted octanol–water partition coefficient (Wildman–Crippen LogP) is 3.54. The molecule has 0 fully saturated rings. The minimum absolute atomic E-state index is 0. The second-order valence-electron chi connectivity index (χ2n) is 5.77. The molecule has 0 saturated heterocycles. The summed E-state index contributed by atoms with van der Waals surface area (Å²) in [7, 11) is 0. The van der Waals surface area contributed by atoms with Crippen molar-refractivity contribution in [2.24, 2.45) is 5.73 Å². The minimum atomic E-state index is -4.71. The van der Waals surface area contributed by atoms with E-state index in [9.17, 15) is 18.0 Å². The Morgan fingerprint density at radius 2 is 1.65 bits per heavy atom. The monoisotopic (exact) mass is 388 g/mol. The van der Waals surface area contributed by atoms with E-state index in [4.69, 9.17) is 5.73 Å². The van der Waals surface area contributed by atoms with Crippen molar-refractivity contribution in [2.75, 3.05) is 6.54 Å². The summed E-state index contributed by atoms with van der Waals surface area (Å²) in [5.74, 6) is -0.602. The molecule has 1 amide bonds. The van der Waals surface area contributed by atoms with Crippen molar-refractivity contribution in [3.05, 3.63) is 65.7 Å². The van der Waals surface area contributed by atoms with E-state index in [1.807, 2.05) is 6.07 Å². The van der Waals surface area contributed by atoms with Crippen molar-refractivity contribution >= 4 is 18.3 Å². The highest BCUT2D eigenvalue weighted by Gasteiger charge is 2.31. The van der Waals surface area contributed by atoms with Gasteiger partial charge in [-0.05, 0) is 36.6 Å². The second kappa shape index (κ2) is 8.91. The number of hydrogen-bond acceptors (Lipinski definition) is 3. The first-order valence-corrected chi connectivity index (χ1v) is 7.66. The van der Waals surface area contributed by atoms with Crippen LogP contribution in [0.3, 0.4) is 0 Å². The van der Waals surface area contributed by atoms with Gasteiger partial charge in [0.1, 0.15) is 11.3 Å². The number of amides is 1. The number of halogens is 4. The number of nitrogens with two attached hydrogens (primary N) is 1. The van der Waals surface area contributed by atoms with Gasteiger partial charge in [0.2, 0.25) is 5.91 Å². The Bertz CT molecular complexity index is 705. The average Bonchev–Trinajstić information content (AvgIpc) is 2.56. The predicted molar refractivity (Wildman–Crippen MR) is 95.1 cm³/mol. The molecule has 26 heavy (non-hydrogen) atoms. The topological polar surface area (TPSA) is 64.4 Å². The zero-order valence-electron chi connectivity index (χ0n) is 14.0. The van der Waals surface area contributed by atoms with E-state index in [1.165, 1.54) is 24.3 Å². The van der Waals surface area contributed by atoms with Gasteiger partial charge in [-0.15, -0.1) is 25.6 Å². The van der Waals surface area contributed by atoms with Gasteiger partial charge >= 0.3 is 6.36 Å². The summed E-state index contributed by atoms with van der Waals surface area (Å²) >= 11 is 0. The molecule has 2 aromatic rings. The number of ether oxygens (including phenoxy) is 1. The summed E-state index contributed by atoms with van der Waals surface area (Å²) in [6.07, 6.45) is -4.25. The van der Waals surface area contributed by atoms with Crippen LogP contribution in [-0.4, -0.2) is 18.8 Å². The molecule has 8 heteroatoms. The molecule has 0 aromatic heterocycles. The molecule has 0 radical (unpaired) electrons. The van der Waals surface area contributed by atoms with Gasteiger partial charge in [-0.3, -0.25) is 4.79 Å². The molecule has 3 N–H and O–H groups in total. The number of nitrogens with one attached hydrogen (secondary N) is 1. The van der Waals surface area contributed by atoms with Crippen molar-refractivity contribution in [3.63, 3.8) is 0 Å². The fourth-order valence-corrected chi connectivity index (χ4v) is 2.28. The lowest BCUT2D eigenvalue weighted by molar-refractivity contribution is -0.274. The molecule has 0 heterocycles. The molecule has 4 nitrogen and oxygen atoms in total. The summed E-state index contributed by atoms with van der Waals surface area (Å²) < 4.78 is 40.1. The van der Waals surface area contributed by atoms with Gasteiger partial charge in [-0.1, -0.05) is 42.5 Å². The van der Waals surface area contributed by atoms with Gasteiger partial charge < -0.3 is 15.8 Å². The van der Waals surface area contributed by atoms with Crippen molar-refractivity contribution in [3.8, 4) is 5.75 Å². The van der Waals surface area contributed by atoms with Crippen LogP contribution in [-0.2, 0) is 16.8 Å². The highest BCUT2D eigenvalue weighted by atomic mass is 35.5. The van der Waals surface area contributed by atoms with Crippen LogP contribution in [0.25, 0.3) is 0 Å². The van der Waals surface area contributed by atoms with E-state index < -0.39 is 11.9 Å². The Hall–Kier alpha value is -2.25. The highest BCUT2D eigenvalue weighted by Crippen LogP contribution is 2.23. The zero-order chi connectivity index (χ0) is 18.5. The quantitative estimate of drug-likeness (QED) is 0.795. The molecule has 0 saturated carbocycles. The summed E-state index contributed by atoms with van der Waals surface area (Å²) in [6, 6.07) is 14.5. The van der Waals surface area contributed by atoms with Gasteiger partial charge in [0.25, 0.3) is 0 Å². The Balaban J connectivity index is 0.00000338. The van der Waals surface area contributed by atoms with Gasteiger partial charge in [-0.25, -0.2) is 0 Å². The van der Waals surface area contributed by atoms with Crippen molar-refractivity contribution in [1.29, 1.82) is 0 Å². The van der Waals surface area contributed by atoms with Crippen LogP contribution in [0.1, 0.15) is 18.1 Å². The van der Waals surface area contributed by atoms with Crippen LogP contribution in [0.5, 0.6) is 5.75 Å². The van der Waals surface area contributed by atoms with E-state index in [-0.39, 0.29) is 24.1 Å². The largest absolute Gasteiger partial charge is 0.573 e. The normalized spacial score (nSPS) is 13.3. The number of alkyl halides is 3. The maximum absolute atomic E-state index is 12.3. The van der Waals surface area contributed by atoms with Gasteiger partial charge in [0.15, 0.2) is 0 Å². The average molecular weight is 389 g/mol. The first-order chi connectivity index (χ1) is 11.7. The Morgan fingerprint density at radius 3 is 2.19 bits per heavy atom. The molecule has 0 spiro atoms. The summed E-state index contributed by atoms with van der Waals surface area (Å²) in [5, 5.41) is 2.75. The van der Waals surface area contributed by atoms with Crippen LogP contribution in [0.15, 0.2) is 54.6 Å². The molecule has 142 valence electrons. The van der Waals surface area contributed by atoms with Gasteiger partial charge in [-0.2, -0.15) is 0 Å². The fourth-order valence-electron chi connectivity index (χ4n) is 2.28. The van der Waals surface area contributed by atoms with Crippen molar-refractivity contribution < 1.29 is 22.7 Å². The molecule has 0 aliphatic carbocycles. The molecular formula is C18H20ClF3N2O2. The zero-order valence-corrected chi connectivity index (χ0v) is 14.9. The van der Waals surface area contributed by atoms with Crippen LogP contribution >= 0.6 is 12.4 Å². The lowest BCUT2D eigenvalue weighted by Crippen LogP contribution is -2.49. The Morgan fingerprint density at radius 1 is 1.08 bits per heavy atom. The summed E-state index contributed by atoms with van der Waals surface area (Å²) in [6.45, 7) is 1.94. The van der Waals surface area contributed by atoms with Crippen LogP contribution in [0.2, 0.25) is 0 Å². The third-order valence-corrected chi connectivity index (χ3v) is 3.70. The van der Waals surface area contributed by atoms with Gasteiger partial charge in [0.05, 0.1) is 0 Å². The Labute approximate surface area is 155 Å². The number of hydrogen-bond donors (Lipinski definition) is 2. The highest BCUT2D eigenvalue weighted by molar-refractivity contribution is 5.87. The number of rotatable bonds is 6. The van der Waals surface area contributed by atoms with E-state index in [0.29, 0.717) is 18.5 Å². The lowest BCUT2D eigenvalue weighted by atomic mass is 9.92. The summed E-state index contributed by atoms with van der Waals surface area (Å²) in [5.41, 5.74) is 6.41. The number of carbonyl (C=O) groups is 1. The molecule has 2 aromatic carbocycles. The number of benzene rings is 2. The van der Waals surface area contributed by atoms with E-state index in [0.717, 1.165) is 5.56 Å². The first kappa shape index (κ1) is 21.8. The molecule has 1 atom stereocenters. The summed E-state index contributed by atoms with van der Waals surface area (Å²) in [4.78, 5) is 12.3. The number of carbonyl (C=O) groups excluding carboxylic acids is 1. The second-order valence-corrected chi connectivity index (χ2v) is 5.77.